The van der Waals surface area contributed by atoms with Gasteiger partial charge in [-0.15, -0.1) is 0 Å². The number of nitrogens with one attached hydrogen (secondary N) is 1. The number of aromatic amines is 1. The fraction of sp³-hybridized carbons (Fsp3) is 0.143. The molecule has 130 valence electrons. The number of fused-ring (bicyclic) bond motifs is 1. The Balaban J connectivity index is 1.81. The number of pyridine rings is 1. The molecule has 0 aliphatic carbocycles. The molecule has 4 aromatic rings. The highest BCUT2D eigenvalue weighted by Crippen LogP contribution is 2.31. The van der Waals surface area contributed by atoms with E-state index in [-0.39, 0.29) is 0 Å². The second kappa shape index (κ2) is 6.88. The molecule has 2 heterocycles. The number of H-pyrrole nitrogens is 1. The van der Waals surface area contributed by atoms with Gasteiger partial charge in [0.05, 0.1) is 25.4 Å². The van der Waals surface area contributed by atoms with Gasteiger partial charge in [-0.1, -0.05) is 24.3 Å². The first-order chi connectivity index (χ1) is 12.8. The van der Waals surface area contributed by atoms with Gasteiger partial charge >= 0.3 is 0 Å². The van der Waals surface area contributed by atoms with Gasteiger partial charge in [0.2, 0.25) is 0 Å². The van der Waals surface area contributed by atoms with Crippen molar-refractivity contribution in [3.05, 3.63) is 72.1 Å². The van der Waals surface area contributed by atoms with Crippen LogP contribution in [0.2, 0.25) is 0 Å². The summed E-state index contributed by atoms with van der Waals surface area (Å²) in [5.41, 5.74) is 4.97. The Morgan fingerprint density at radius 3 is 2.50 bits per heavy atom. The van der Waals surface area contributed by atoms with E-state index in [4.69, 9.17) is 9.47 Å². The summed E-state index contributed by atoms with van der Waals surface area (Å²) in [7, 11) is 3.34. The molecule has 4 rings (SSSR count). The maximum Gasteiger partial charge on any atom is 0.119 e. The third-order valence-corrected chi connectivity index (χ3v) is 4.40. The molecule has 2 aromatic heterocycles. The van der Waals surface area contributed by atoms with Gasteiger partial charge in [-0.05, 0) is 35.9 Å². The highest BCUT2D eigenvalue weighted by molar-refractivity contribution is 5.94. The van der Waals surface area contributed by atoms with E-state index in [0.717, 1.165) is 51.3 Å². The van der Waals surface area contributed by atoms with Gasteiger partial charge < -0.3 is 9.47 Å². The van der Waals surface area contributed by atoms with E-state index >= 15 is 0 Å². The van der Waals surface area contributed by atoms with Crippen LogP contribution < -0.4 is 9.47 Å². The van der Waals surface area contributed by atoms with Crippen LogP contribution in [0, 0.1) is 0 Å². The lowest BCUT2D eigenvalue weighted by atomic mass is 10.0. The van der Waals surface area contributed by atoms with Crippen molar-refractivity contribution in [3.63, 3.8) is 0 Å². The van der Waals surface area contributed by atoms with Crippen LogP contribution in [0.1, 0.15) is 11.3 Å². The van der Waals surface area contributed by atoms with Crippen LogP contribution in [-0.4, -0.2) is 29.4 Å². The van der Waals surface area contributed by atoms with Crippen molar-refractivity contribution in [3.8, 4) is 22.8 Å². The van der Waals surface area contributed by atoms with Gasteiger partial charge in [0.15, 0.2) is 0 Å². The van der Waals surface area contributed by atoms with Crippen LogP contribution in [0.3, 0.4) is 0 Å². The number of methoxy groups -OCH3 is 2. The second-order valence-electron chi connectivity index (χ2n) is 6.02. The van der Waals surface area contributed by atoms with Crippen molar-refractivity contribution in [2.45, 2.75) is 6.42 Å². The van der Waals surface area contributed by atoms with Gasteiger partial charge in [0.25, 0.3) is 0 Å². The zero-order valence-corrected chi connectivity index (χ0v) is 14.7. The largest absolute Gasteiger partial charge is 0.497 e. The quantitative estimate of drug-likeness (QED) is 0.588. The Hall–Kier alpha value is -3.34. The van der Waals surface area contributed by atoms with Crippen LogP contribution in [0.4, 0.5) is 0 Å². The Kier molecular flexibility index (Phi) is 4.27. The van der Waals surface area contributed by atoms with E-state index in [0.29, 0.717) is 0 Å². The number of nitrogens with zero attached hydrogens (tertiary/aromatic N) is 2. The van der Waals surface area contributed by atoms with Crippen molar-refractivity contribution in [1.29, 1.82) is 0 Å². The molecule has 0 bridgehead atoms. The molecule has 5 nitrogen and oxygen atoms in total. The summed E-state index contributed by atoms with van der Waals surface area (Å²) >= 11 is 0. The fourth-order valence-electron chi connectivity index (χ4n) is 3.13. The highest BCUT2D eigenvalue weighted by Gasteiger charge is 2.14. The van der Waals surface area contributed by atoms with Gasteiger partial charge in [0.1, 0.15) is 11.5 Å². The molecule has 0 saturated heterocycles. The van der Waals surface area contributed by atoms with Crippen molar-refractivity contribution in [2.24, 2.45) is 0 Å². The number of aromatic nitrogens is 3. The van der Waals surface area contributed by atoms with Gasteiger partial charge in [-0.3, -0.25) is 10.1 Å². The Bertz CT molecular complexity index is 1060. The summed E-state index contributed by atoms with van der Waals surface area (Å²) in [6.07, 6.45) is 2.50. The Morgan fingerprint density at radius 2 is 1.69 bits per heavy atom. The first kappa shape index (κ1) is 16.1. The zero-order valence-electron chi connectivity index (χ0n) is 14.7. The summed E-state index contributed by atoms with van der Waals surface area (Å²) in [5, 5.41) is 8.67. The van der Waals surface area contributed by atoms with Crippen LogP contribution >= 0.6 is 0 Å². The lowest BCUT2D eigenvalue weighted by molar-refractivity contribution is 0.414. The Morgan fingerprint density at radius 1 is 0.923 bits per heavy atom. The van der Waals surface area contributed by atoms with E-state index in [1.54, 1.807) is 20.4 Å². The predicted octanol–water partition coefficient (Wildman–Crippen LogP) is 4.23. The molecular weight excluding hydrogens is 326 g/mol. The molecular formula is C21H19N3O2. The van der Waals surface area contributed by atoms with Gasteiger partial charge in [0, 0.05) is 29.3 Å². The molecule has 0 amide bonds. The first-order valence-corrected chi connectivity index (χ1v) is 8.38. The van der Waals surface area contributed by atoms with Crippen LogP contribution in [0.15, 0.2) is 60.8 Å². The zero-order chi connectivity index (χ0) is 17.9. The molecule has 1 N–H and O–H groups in total. The predicted molar refractivity (Wildman–Crippen MR) is 102 cm³/mol. The second-order valence-corrected chi connectivity index (χ2v) is 6.02. The van der Waals surface area contributed by atoms with Crippen molar-refractivity contribution in [1.82, 2.24) is 15.2 Å². The van der Waals surface area contributed by atoms with Crippen LogP contribution in [0.5, 0.6) is 11.5 Å². The lowest BCUT2D eigenvalue weighted by Crippen LogP contribution is -1.93. The van der Waals surface area contributed by atoms with E-state index in [9.17, 15) is 0 Å². The molecule has 0 aliphatic rings. The molecule has 0 fully saturated rings. The average Bonchev–Trinajstić information content (AvgIpc) is 3.11. The van der Waals surface area contributed by atoms with E-state index in [1.165, 1.54) is 0 Å². The molecule has 0 radical (unpaired) electrons. The SMILES string of the molecule is COc1cccc(Cc2[nH]nc3ccnc(-c4cccc(OC)c4)c23)c1. The lowest BCUT2D eigenvalue weighted by Gasteiger charge is -2.07. The number of rotatable bonds is 5. The van der Waals surface area contributed by atoms with Gasteiger partial charge in [-0.25, -0.2) is 0 Å². The molecule has 2 aromatic carbocycles. The maximum atomic E-state index is 5.36. The summed E-state index contributed by atoms with van der Waals surface area (Å²) in [6.45, 7) is 0. The molecule has 0 saturated carbocycles. The molecule has 0 aliphatic heterocycles. The standard InChI is InChI=1S/C21H19N3O2/c1-25-16-7-3-5-14(11-16)12-19-20-18(23-24-19)9-10-22-21(20)15-6-4-8-17(13-15)26-2/h3-11,13H,12H2,1-2H3,(H,23,24). The van der Waals surface area contributed by atoms with Crippen LogP contribution in [0.25, 0.3) is 22.2 Å². The van der Waals surface area contributed by atoms with Crippen LogP contribution in [-0.2, 0) is 6.42 Å². The number of hydrogen-bond donors (Lipinski definition) is 1. The molecule has 0 spiro atoms. The summed E-state index contributed by atoms with van der Waals surface area (Å²) in [4.78, 5) is 4.62. The minimum atomic E-state index is 0.719. The van der Waals surface area contributed by atoms with Crippen molar-refractivity contribution in [2.75, 3.05) is 14.2 Å². The van der Waals surface area contributed by atoms with Crippen molar-refractivity contribution < 1.29 is 9.47 Å². The molecule has 0 unspecified atom stereocenters. The minimum Gasteiger partial charge on any atom is -0.497 e. The smallest absolute Gasteiger partial charge is 0.119 e. The molecule has 0 atom stereocenters. The monoisotopic (exact) mass is 345 g/mol. The van der Waals surface area contributed by atoms with Gasteiger partial charge in [-0.2, -0.15) is 5.10 Å². The summed E-state index contributed by atoms with van der Waals surface area (Å²) in [5.74, 6) is 1.65. The normalized spacial score (nSPS) is 10.8. The number of hydrogen-bond acceptors (Lipinski definition) is 4. The summed E-state index contributed by atoms with van der Waals surface area (Å²) in [6, 6.07) is 17.9. The fourth-order valence-corrected chi connectivity index (χ4v) is 3.13. The third kappa shape index (κ3) is 2.99. The highest BCUT2D eigenvalue weighted by atomic mass is 16.5. The summed E-state index contributed by atoms with van der Waals surface area (Å²) < 4.78 is 10.7. The average molecular weight is 345 g/mol. The molecule has 5 heteroatoms. The topological polar surface area (TPSA) is 60.0 Å². The molecule has 26 heavy (non-hydrogen) atoms. The minimum absolute atomic E-state index is 0.719. The van der Waals surface area contributed by atoms with E-state index in [1.807, 2.05) is 48.5 Å². The number of benzene rings is 2. The van der Waals surface area contributed by atoms with E-state index < -0.39 is 0 Å². The maximum absolute atomic E-state index is 5.36. The van der Waals surface area contributed by atoms with Crippen molar-refractivity contribution >= 4 is 10.9 Å². The third-order valence-electron chi connectivity index (χ3n) is 4.40. The first-order valence-electron chi connectivity index (χ1n) is 8.38. The number of ether oxygens (including phenoxy) is 2. The van der Waals surface area contributed by atoms with E-state index in [2.05, 4.69) is 21.2 Å². The Labute approximate surface area is 151 Å².